The molecule has 1 heterocycles. The van der Waals surface area contributed by atoms with Crippen molar-refractivity contribution < 1.29 is 27.9 Å². The number of hydrogen-bond donors (Lipinski definition) is 2. The zero-order chi connectivity index (χ0) is 14.8. The van der Waals surface area contributed by atoms with Crippen molar-refractivity contribution in [2.24, 2.45) is 10.8 Å². The van der Waals surface area contributed by atoms with Crippen LogP contribution < -0.4 is 5.32 Å². The highest BCUT2D eigenvalue weighted by molar-refractivity contribution is 5.87. The Morgan fingerprint density at radius 1 is 1.20 bits per heavy atom. The lowest BCUT2D eigenvalue weighted by atomic mass is 9.61. The second kappa shape index (κ2) is 3.79. The molecule has 3 aliphatic rings. The highest BCUT2D eigenvalue weighted by Gasteiger charge is 2.70. The molecule has 0 radical (unpaired) electrons. The highest BCUT2D eigenvalue weighted by Crippen LogP contribution is 2.59. The number of carbonyl (C=O) groups is 2. The Morgan fingerprint density at radius 3 is 2.15 bits per heavy atom. The standard InChI is InChI=1S/C12H15F3N2O3/c13-12(14,15)11(4-5-11)8(18)16-7-10(2-1-3-10)6-17(7)9(19)20/h7H,1-6H2,(H,16,18)(H,19,20). The van der Waals surface area contributed by atoms with Crippen LogP contribution in [0.5, 0.6) is 0 Å². The number of nitrogens with zero attached hydrogens (tertiary/aromatic N) is 1. The van der Waals surface area contributed by atoms with Gasteiger partial charge in [0.25, 0.3) is 0 Å². The number of carboxylic acid groups (broad SMARTS) is 1. The van der Waals surface area contributed by atoms with Crippen LogP contribution in [0.25, 0.3) is 0 Å². The maximum absolute atomic E-state index is 12.9. The van der Waals surface area contributed by atoms with E-state index in [1.54, 1.807) is 0 Å². The van der Waals surface area contributed by atoms with Crippen molar-refractivity contribution >= 4 is 12.0 Å². The molecule has 1 unspecified atom stereocenters. The largest absolute Gasteiger partial charge is 0.465 e. The molecule has 2 amide bonds. The lowest BCUT2D eigenvalue weighted by Gasteiger charge is -2.61. The number of rotatable bonds is 2. The Hall–Kier alpha value is -1.47. The van der Waals surface area contributed by atoms with Crippen molar-refractivity contribution in [3.8, 4) is 0 Å². The molecule has 8 heteroatoms. The average molecular weight is 292 g/mol. The van der Waals surface area contributed by atoms with Crippen molar-refractivity contribution in [3.63, 3.8) is 0 Å². The third-order valence-electron chi connectivity index (χ3n) is 4.97. The molecule has 2 aliphatic carbocycles. The second-order valence-corrected chi connectivity index (χ2v) is 6.08. The molecule has 20 heavy (non-hydrogen) atoms. The van der Waals surface area contributed by atoms with Gasteiger partial charge in [-0.2, -0.15) is 13.2 Å². The van der Waals surface area contributed by atoms with Crippen LogP contribution in [0.3, 0.4) is 0 Å². The van der Waals surface area contributed by atoms with Gasteiger partial charge in [-0.25, -0.2) is 4.79 Å². The van der Waals surface area contributed by atoms with Crippen LogP contribution >= 0.6 is 0 Å². The quantitative estimate of drug-likeness (QED) is 0.817. The topological polar surface area (TPSA) is 69.6 Å². The van der Waals surface area contributed by atoms with E-state index < -0.39 is 29.8 Å². The fourth-order valence-electron chi connectivity index (χ4n) is 3.23. The predicted molar refractivity (Wildman–Crippen MR) is 60.7 cm³/mol. The number of amides is 2. The van der Waals surface area contributed by atoms with Gasteiger partial charge in [0.1, 0.15) is 11.6 Å². The summed E-state index contributed by atoms with van der Waals surface area (Å²) in [4.78, 5) is 24.0. The first kappa shape index (κ1) is 13.5. The van der Waals surface area contributed by atoms with E-state index in [9.17, 15) is 22.8 Å². The van der Waals surface area contributed by atoms with Crippen LogP contribution in [0.2, 0.25) is 0 Å². The molecule has 2 N–H and O–H groups in total. The van der Waals surface area contributed by atoms with Gasteiger partial charge >= 0.3 is 12.3 Å². The summed E-state index contributed by atoms with van der Waals surface area (Å²) in [7, 11) is 0. The summed E-state index contributed by atoms with van der Waals surface area (Å²) >= 11 is 0. The monoisotopic (exact) mass is 292 g/mol. The van der Waals surface area contributed by atoms with Gasteiger partial charge < -0.3 is 10.4 Å². The van der Waals surface area contributed by atoms with Crippen molar-refractivity contribution in [2.45, 2.75) is 44.4 Å². The van der Waals surface area contributed by atoms with Crippen molar-refractivity contribution in [1.82, 2.24) is 10.2 Å². The van der Waals surface area contributed by atoms with E-state index >= 15 is 0 Å². The number of alkyl halides is 3. The Morgan fingerprint density at radius 2 is 1.80 bits per heavy atom. The molecule has 1 atom stereocenters. The van der Waals surface area contributed by atoms with E-state index in [1.165, 1.54) is 0 Å². The number of carbonyl (C=O) groups excluding carboxylic acids is 1. The minimum absolute atomic E-state index is 0.213. The minimum atomic E-state index is -4.57. The Bertz CT molecular complexity index is 469. The highest BCUT2D eigenvalue weighted by atomic mass is 19.4. The molecular formula is C12H15F3N2O3. The van der Waals surface area contributed by atoms with Crippen LogP contribution in [0.4, 0.5) is 18.0 Å². The van der Waals surface area contributed by atoms with Crippen molar-refractivity contribution in [1.29, 1.82) is 0 Å². The number of likely N-dealkylation sites (tertiary alicyclic amines) is 1. The molecule has 0 aromatic heterocycles. The van der Waals surface area contributed by atoms with Gasteiger partial charge in [-0.05, 0) is 25.7 Å². The number of hydrogen-bond acceptors (Lipinski definition) is 2. The maximum atomic E-state index is 12.9. The summed E-state index contributed by atoms with van der Waals surface area (Å²) in [5, 5.41) is 11.3. The summed E-state index contributed by atoms with van der Waals surface area (Å²) < 4.78 is 38.6. The first-order valence-electron chi connectivity index (χ1n) is 6.59. The summed E-state index contributed by atoms with van der Waals surface area (Å²) in [6.45, 7) is 0.298. The van der Waals surface area contributed by atoms with Gasteiger partial charge in [0.05, 0.1) is 0 Å². The summed E-state index contributed by atoms with van der Waals surface area (Å²) in [5.41, 5.74) is -2.63. The molecule has 0 aromatic carbocycles. The van der Waals surface area contributed by atoms with E-state index in [0.29, 0.717) is 6.54 Å². The van der Waals surface area contributed by atoms with E-state index in [4.69, 9.17) is 5.11 Å². The lowest BCUT2D eigenvalue weighted by molar-refractivity contribution is -0.197. The van der Waals surface area contributed by atoms with Gasteiger partial charge in [-0.3, -0.25) is 9.69 Å². The van der Waals surface area contributed by atoms with Crippen molar-refractivity contribution in [2.75, 3.05) is 6.54 Å². The third kappa shape index (κ3) is 1.63. The van der Waals surface area contributed by atoms with Gasteiger partial charge in [-0.1, -0.05) is 6.42 Å². The molecule has 5 nitrogen and oxygen atoms in total. The molecule has 0 aromatic rings. The first-order valence-corrected chi connectivity index (χ1v) is 6.59. The van der Waals surface area contributed by atoms with E-state index in [-0.39, 0.29) is 18.3 Å². The molecule has 3 rings (SSSR count). The maximum Gasteiger partial charge on any atom is 0.408 e. The first-order chi connectivity index (χ1) is 9.22. The van der Waals surface area contributed by atoms with Crippen LogP contribution in [0, 0.1) is 10.8 Å². The third-order valence-corrected chi connectivity index (χ3v) is 4.97. The van der Waals surface area contributed by atoms with Crippen molar-refractivity contribution in [3.05, 3.63) is 0 Å². The molecular weight excluding hydrogens is 277 g/mol. The second-order valence-electron chi connectivity index (χ2n) is 6.08. The molecule has 1 saturated heterocycles. The molecule has 112 valence electrons. The smallest absolute Gasteiger partial charge is 0.408 e. The molecule has 0 bridgehead atoms. The zero-order valence-corrected chi connectivity index (χ0v) is 10.7. The van der Waals surface area contributed by atoms with Gasteiger partial charge in [0, 0.05) is 12.0 Å². The lowest BCUT2D eigenvalue weighted by Crippen LogP contribution is -2.75. The molecule has 2 saturated carbocycles. The van der Waals surface area contributed by atoms with E-state index in [0.717, 1.165) is 24.2 Å². The van der Waals surface area contributed by atoms with E-state index in [2.05, 4.69) is 5.32 Å². The normalized spacial score (nSPS) is 29.4. The van der Waals surface area contributed by atoms with Gasteiger partial charge in [0.2, 0.25) is 5.91 Å². The molecule has 3 fully saturated rings. The van der Waals surface area contributed by atoms with E-state index in [1.807, 2.05) is 0 Å². The summed E-state index contributed by atoms with van der Waals surface area (Å²) in [6, 6.07) is 0. The van der Waals surface area contributed by atoms with Crippen LogP contribution in [0.15, 0.2) is 0 Å². The molecule has 1 aliphatic heterocycles. The Labute approximate surface area is 113 Å². The summed E-state index contributed by atoms with van der Waals surface area (Å²) in [5.74, 6) is -1.08. The number of halogens is 3. The van der Waals surface area contributed by atoms with Crippen LogP contribution in [-0.4, -0.2) is 40.9 Å². The molecule has 1 spiro atoms. The fraction of sp³-hybridized carbons (Fsp3) is 0.833. The van der Waals surface area contributed by atoms with Gasteiger partial charge in [0.15, 0.2) is 0 Å². The number of nitrogens with one attached hydrogen (secondary N) is 1. The van der Waals surface area contributed by atoms with Crippen LogP contribution in [-0.2, 0) is 4.79 Å². The Balaban J connectivity index is 1.73. The summed E-state index contributed by atoms with van der Waals surface area (Å²) in [6.07, 6.45) is -4.58. The predicted octanol–water partition coefficient (Wildman–Crippen LogP) is 1.94. The SMILES string of the molecule is O=C(O)N1CC2(CCC2)C1NC(=O)C1(C(F)(F)F)CC1. The fourth-order valence-corrected chi connectivity index (χ4v) is 3.23. The minimum Gasteiger partial charge on any atom is -0.465 e. The average Bonchev–Trinajstić information content (AvgIpc) is 3.01. The Kier molecular flexibility index (Phi) is 2.56. The van der Waals surface area contributed by atoms with Gasteiger partial charge in [-0.15, -0.1) is 0 Å². The zero-order valence-electron chi connectivity index (χ0n) is 10.7. The van der Waals surface area contributed by atoms with Crippen LogP contribution in [0.1, 0.15) is 32.1 Å².